The summed E-state index contributed by atoms with van der Waals surface area (Å²) in [6, 6.07) is 21.3. The average molecular weight is 763 g/mol. The summed E-state index contributed by atoms with van der Waals surface area (Å²) in [5, 5.41) is 7.86. The van der Waals surface area contributed by atoms with E-state index in [-0.39, 0.29) is 30.2 Å². The Hall–Kier alpha value is -5.24. The number of aromatic nitrogens is 4. The molecule has 1 atom stereocenters. The van der Waals surface area contributed by atoms with E-state index in [0.29, 0.717) is 34.8 Å². The van der Waals surface area contributed by atoms with Crippen LogP contribution in [0.25, 0.3) is 5.65 Å². The van der Waals surface area contributed by atoms with Crippen molar-refractivity contribution < 1.29 is 28.2 Å². The first-order chi connectivity index (χ1) is 24.3. The number of hydrogen-bond donors (Lipinski definition) is 1. The van der Waals surface area contributed by atoms with Crippen LogP contribution < -0.4 is 15.0 Å². The van der Waals surface area contributed by atoms with Crippen molar-refractivity contribution in [1.82, 2.24) is 24.5 Å². The van der Waals surface area contributed by atoms with E-state index in [1.165, 1.54) is 24.3 Å². The predicted molar refractivity (Wildman–Crippen MR) is 195 cm³/mol. The van der Waals surface area contributed by atoms with Gasteiger partial charge in [0.05, 0.1) is 26.0 Å². The molecule has 0 unspecified atom stereocenters. The van der Waals surface area contributed by atoms with Crippen LogP contribution in [-0.2, 0) is 29.1 Å². The van der Waals surface area contributed by atoms with E-state index in [1.807, 2.05) is 60.7 Å². The number of esters is 1. The van der Waals surface area contributed by atoms with Gasteiger partial charge in [0.2, 0.25) is 5.88 Å². The van der Waals surface area contributed by atoms with Gasteiger partial charge in [0.1, 0.15) is 33.4 Å². The van der Waals surface area contributed by atoms with E-state index in [2.05, 4.69) is 36.2 Å². The summed E-state index contributed by atoms with van der Waals surface area (Å²) in [5.74, 6) is 0.0206. The van der Waals surface area contributed by atoms with Gasteiger partial charge in [-0.1, -0.05) is 60.7 Å². The predicted octanol–water partition coefficient (Wildman–Crippen LogP) is 7.27. The third-order valence-corrected chi connectivity index (χ3v) is 8.32. The second kappa shape index (κ2) is 16.2. The molecule has 3 aromatic heterocycles. The molecule has 0 radical (unpaired) electrons. The lowest BCUT2D eigenvalue weighted by Gasteiger charge is -2.28. The number of likely N-dealkylation sites (N-methyl/N-ethyl adjacent to an activating group) is 1. The van der Waals surface area contributed by atoms with Crippen LogP contribution in [0.2, 0.25) is 0 Å². The van der Waals surface area contributed by atoms with Gasteiger partial charge in [-0.15, -0.1) is 0 Å². The third-order valence-electron chi connectivity index (χ3n) is 7.59. The van der Waals surface area contributed by atoms with E-state index in [1.54, 1.807) is 39.3 Å². The summed E-state index contributed by atoms with van der Waals surface area (Å²) in [4.78, 5) is 37.9. The second-order valence-corrected chi connectivity index (χ2v) is 13.8. The Morgan fingerprint density at radius 3 is 2.24 bits per heavy atom. The maximum absolute atomic E-state index is 14.6. The molecule has 12 nitrogen and oxygen atoms in total. The fraction of sp³-hybridized carbons (Fsp3) is 0.324. The Bertz CT molecular complexity index is 1930. The molecule has 14 heteroatoms. The van der Waals surface area contributed by atoms with Gasteiger partial charge in [0.25, 0.3) is 0 Å². The lowest BCUT2D eigenvalue weighted by molar-refractivity contribution is 0.0234. The van der Waals surface area contributed by atoms with Crippen molar-refractivity contribution in [1.29, 1.82) is 0 Å². The molecule has 0 spiro atoms. The van der Waals surface area contributed by atoms with Crippen molar-refractivity contribution in [2.45, 2.75) is 59.0 Å². The Morgan fingerprint density at radius 2 is 1.65 bits per heavy atom. The summed E-state index contributed by atoms with van der Waals surface area (Å²) in [6.45, 7) is 8.41. The molecule has 51 heavy (non-hydrogen) atoms. The molecular formula is C37H41BrFN7O5. The molecule has 3 heterocycles. The molecular weight excluding hydrogens is 721 g/mol. The molecule has 268 valence electrons. The molecule has 2 aromatic carbocycles. The molecule has 0 aliphatic rings. The van der Waals surface area contributed by atoms with Crippen LogP contribution in [0.1, 0.15) is 54.7 Å². The van der Waals surface area contributed by atoms with E-state index >= 15 is 0 Å². The highest BCUT2D eigenvalue weighted by Gasteiger charge is 2.26. The number of benzene rings is 2. The van der Waals surface area contributed by atoms with Crippen molar-refractivity contribution in [3.8, 4) is 5.88 Å². The number of pyridine rings is 1. The standard InChI is InChI=1S/C37H41BrFN7O5/c1-24(21-44(5)36(48)51-37(2,3)4)50-33-27(17-28(39)19-41-33)18-40-31-30(38)34(46-32(43-31)29(20-42-46)35(47)49-6)45(22-25-13-9-7-10-14-25)23-26-15-11-8-12-16-26/h7-17,19-20,24H,18,21-23H2,1-6H3,(H,40,43)/t24-/m0/s1. The summed E-state index contributed by atoms with van der Waals surface area (Å²) in [7, 11) is 2.91. The van der Waals surface area contributed by atoms with Crippen molar-refractivity contribution in [3.63, 3.8) is 0 Å². The van der Waals surface area contributed by atoms with Crippen LogP contribution >= 0.6 is 15.9 Å². The maximum Gasteiger partial charge on any atom is 0.410 e. The monoisotopic (exact) mass is 761 g/mol. The highest BCUT2D eigenvalue weighted by Crippen LogP contribution is 2.36. The van der Waals surface area contributed by atoms with Gasteiger partial charge in [0, 0.05) is 32.2 Å². The third kappa shape index (κ3) is 9.51. The van der Waals surface area contributed by atoms with Crippen LogP contribution in [0.4, 0.5) is 20.8 Å². The van der Waals surface area contributed by atoms with Gasteiger partial charge in [-0.25, -0.2) is 23.9 Å². The van der Waals surface area contributed by atoms with E-state index in [9.17, 15) is 14.0 Å². The number of methoxy groups -OCH3 is 1. The lowest BCUT2D eigenvalue weighted by atomic mass is 10.1. The number of hydrogen-bond acceptors (Lipinski definition) is 10. The quantitative estimate of drug-likeness (QED) is 0.123. The zero-order chi connectivity index (χ0) is 36.7. The molecule has 0 fully saturated rings. The summed E-state index contributed by atoms with van der Waals surface area (Å²) in [6.07, 6.45) is 1.50. The Labute approximate surface area is 304 Å². The maximum atomic E-state index is 14.6. The molecule has 5 rings (SSSR count). The minimum Gasteiger partial charge on any atom is -0.473 e. The van der Waals surface area contributed by atoms with Gasteiger partial charge in [-0.2, -0.15) is 9.61 Å². The normalized spacial score (nSPS) is 11.9. The topological polar surface area (TPSA) is 123 Å². The number of nitrogens with one attached hydrogen (secondary N) is 1. The summed E-state index contributed by atoms with van der Waals surface area (Å²) < 4.78 is 33.3. The zero-order valence-electron chi connectivity index (χ0n) is 29.4. The molecule has 0 saturated heterocycles. The van der Waals surface area contributed by atoms with Crippen molar-refractivity contribution in [2.75, 3.05) is 30.9 Å². The highest BCUT2D eigenvalue weighted by molar-refractivity contribution is 9.10. The molecule has 1 N–H and O–H groups in total. The number of rotatable bonds is 13. The van der Waals surface area contributed by atoms with Crippen molar-refractivity contribution in [2.24, 2.45) is 0 Å². The first-order valence-electron chi connectivity index (χ1n) is 16.3. The number of halogens is 2. The van der Waals surface area contributed by atoms with Gasteiger partial charge >= 0.3 is 12.1 Å². The van der Waals surface area contributed by atoms with Crippen LogP contribution in [-0.4, -0.2) is 69.0 Å². The van der Waals surface area contributed by atoms with Gasteiger partial charge in [0.15, 0.2) is 11.5 Å². The van der Waals surface area contributed by atoms with Gasteiger partial charge < -0.3 is 29.3 Å². The van der Waals surface area contributed by atoms with E-state index < -0.39 is 29.6 Å². The van der Waals surface area contributed by atoms with Gasteiger partial charge in [-0.05, 0) is 60.8 Å². The Balaban J connectivity index is 1.49. The highest BCUT2D eigenvalue weighted by atomic mass is 79.9. The summed E-state index contributed by atoms with van der Waals surface area (Å²) >= 11 is 3.79. The minimum absolute atomic E-state index is 0.0506. The average Bonchev–Trinajstić information content (AvgIpc) is 3.51. The number of nitrogens with zero attached hydrogens (tertiary/aromatic N) is 6. The van der Waals surface area contributed by atoms with Crippen molar-refractivity contribution >= 4 is 45.3 Å². The molecule has 1 amide bonds. The van der Waals surface area contributed by atoms with Crippen molar-refractivity contribution in [3.05, 3.63) is 112 Å². The SMILES string of the molecule is COC(=O)c1cnn2c(N(Cc3ccccc3)Cc3ccccc3)c(Br)c(NCc3cc(F)cnc3O[C@@H](C)CN(C)C(=O)OC(C)(C)C)nc12. The number of carbonyl (C=O) groups is 2. The molecule has 0 aliphatic heterocycles. The molecule has 0 aliphatic carbocycles. The zero-order valence-corrected chi connectivity index (χ0v) is 31.0. The second-order valence-electron chi connectivity index (χ2n) is 13.0. The van der Waals surface area contributed by atoms with E-state index in [0.717, 1.165) is 17.3 Å². The largest absolute Gasteiger partial charge is 0.473 e. The fourth-order valence-electron chi connectivity index (χ4n) is 5.32. The number of anilines is 2. The first-order valence-corrected chi connectivity index (χ1v) is 17.1. The molecule has 0 bridgehead atoms. The fourth-order valence-corrected chi connectivity index (χ4v) is 5.97. The smallest absolute Gasteiger partial charge is 0.410 e. The van der Waals surface area contributed by atoms with Crippen LogP contribution in [0.15, 0.2) is 83.6 Å². The molecule has 0 saturated carbocycles. The Morgan fingerprint density at radius 1 is 1.02 bits per heavy atom. The number of amides is 1. The molecule has 5 aromatic rings. The Kier molecular flexibility index (Phi) is 11.8. The number of fused-ring (bicyclic) bond motifs is 1. The van der Waals surface area contributed by atoms with Crippen LogP contribution in [0.3, 0.4) is 0 Å². The minimum atomic E-state index is -0.646. The number of ether oxygens (including phenoxy) is 3. The van der Waals surface area contributed by atoms with Gasteiger partial charge in [-0.3, -0.25) is 0 Å². The van der Waals surface area contributed by atoms with Crippen LogP contribution in [0.5, 0.6) is 5.88 Å². The van der Waals surface area contributed by atoms with Crippen LogP contribution in [0, 0.1) is 5.82 Å². The first kappa shape index (κ1) is 37.0. The number of carbonyl (C=O) groups excluding carboxylic acids is 2. The summed E-state index contributed by atoms with van der Waals surface area (Å²) in [5.41, 5.74) is 2.31. The lowest BCUT2D eigenvalue weighted by Crippen LogP contribution is -2.39. The van der Waals surface area contributed by atoms with E-state index in [4.69, 9.17) is 19.2 Å².